The van der Waals surface area contributed by atoms with Gasteiger partial charge in [0.25, 0.3) is 0 Å². The summed E-state index contributed by atoms with van der Waals surface area (Å²) in [6.07, 6.45) is -5.05. The molecule has 0 radical (unpaired) electrons. The van der Waals surface area contributed by atoms with Gasteiger partial charge >= 0.3 is 12.1 Å². The minimum atomic E-state index is -4.52. The van der Waals surface area contributed by atoms with Crippen LogP contribution in [-0.2, 0) is 17.4 Å². The highest BCUT2D eigenvalue weighted by molar-refractivity contribution is 6.28. The lowest BCUT2D eigenvalue weighted by atomic mass is 10.1. The van der Waals surface area contributed by atoms with Crippen molar-refractivity contribution in [3.8, 4) is 0 Å². The Bertz CT molecular complexity index is 658. The molecule has 0 aliphatic rings. The molecule has 0 saturated heterocycles. The van der Waals surface area contributed by atoms with E-state index in [9.17, 15) is 18.0 Å². The maximum atomic E-state index is 12.6. The third kappa shape index (κ3) is 2.93. The molecule has 100 valence electrons. The van der Waals surface area contributed by atoms with E-state index in [0.717, 1.165) is 18.2 Å². The van der Waals surface area contributed by atoms with Gasteiger partial charge in [0.2, 0.25) is 5.28 Å². The summed E-state index contributed by atoms with van der Waals surface area (Å²) >= 11 is 5.60. The van der Waals surface area contributed by atoms with Crippen LogP contribution in [0.25, 0.3) is 10.9 Å². The summed E-state index contributed by atoms with van der Waals surface area (Å²) in [5.41, 5.74) is -0.768. The first-order valence-electron chi connectivity index (χ1n) is 5.02. The van der Waals surface area contributed by atoms with Crippen molar-refractivity contribution in [1.82, 2.24) is 9.97 Å². The third-order valence-electron chi connectivity index (χ3n) is 2.39. The lowest BCUT2D eigenvalue weighted by molar-refractivity contribution is -0.137. The molecular formula is C11H6ClF3N2O2. The Kier molecular flexibility index (Phi) is 3.32. The number of carboxylic acids is 1. The number of rotatable bonds is 2. The van der Waals surface area contributed by atoms with Gasteiger partial charge in [-0.25, -0.2) is 9.97 Å². The number of carboxylic acid groups (broad SMARTS) is 1. The zero-order chi connectivity index (χ0) is 14.2. The topological polar surface area (TPSA) is 63.1 Å². The van der Waals surface area contributed by atoms with Crippen molar-refractivity contribution < 1.29 is 23.1 Å². The molecule has 1 aromatic heterocycles. The summed E-state index contributed by atoms with van der Waals surface area (Å²) in [7, 11) is 0. The average Bonchev–Trinajstić information content (AvgIpc) is 2.26. The normalized spacial score (nSPS) is 11.8. The molecule has 1 N–H and O–H groups in total. The van der Waals surface area contributed by atoms with E-state index in [4.69, 9.17) is 16.7 Å². The monoisotopic (exact) mass is 290 g/mol. The van der Waals surface area contributed by atoms with Crippen molar-refractivity contribution in [1.29, 1.82) is 0 Å². The largest absolute Gasteiger partial charge is 0.481 e. The molecule has 4 nitrogen and oxygen atoms in total. The number of halogens is 4. The number of aliphatic carboxylic acids is 1. The van der Waals surface area contributed by atoms with Gasteiger partial charge in [-0.2, -0.15) is 13.2 Å². The zero-order valence-corrected chi connectivity index (χ0v) is 9.96. The number of carbonyl (C=O) groups is 1. The Hall–Kier alpha value is -1.89. The molecule has 2 rings (SSSR count). The fourth-order valence-corrected chi connectivity index (χ4v) is 1.81. The quantitative estimate of drug-likeness (QED) is 0.864. The number of fused-ring (bicyclic) bond motifs is 1. The molecule has 0 amide bonds. The zero-order valence-electron chi connectivity index (χ0n) is 9.20. The lowest BCUT2D eigenvalue weighted by Crippen LogP contribution is -2.07. The molecule has 0 unspecified atom stereocenters. The fourth-order valence-electron chi connectivity index (χ4n) is 1.61. The summed E-state index contributed by atoms with van der Waals surface area (Å²) in [5, 5.41) is 8.54. The lowest BCUT2D eigenvalue weighted by Gasteiger charge is -2.09. The van der Waals surface area contributed by atoms with Crippen LogP contribution in [0.1, 0.15) is 11.3 Å². The van der Waals surface area contributed by atoms with Gasteiger partial charge in [-0.3, -0.25) is 4.79 Å². The van der Waals surface area contributed by atoms with Gasteiger partial charge in [-0.1, -0.05) is 0 Å². The van der Waals surface area contributed by atoms with E-state index in [1.54, 1.807) is 0 Å². The van der Waals surface area contributed by atoms with Gasteiger partial charge < -0.3 is 5.11 Å². The Labute approximate surface area is 109 Å². The SMILES string of the molecule is O=C(O)Cc1nc(Cl)nc2ccc(C(F)(F)F)cc12. The van der Waals surface area contributed by atoms with Gasteiger partial charge in [0.05, 0.1) is 23.2 Å². The van der Waals surface area contributed by atoms with Crippen molar-refractivity contribution in [3.63, 3.8) is 0 Å². The predicted molar refractivity (Wildman–Crippen MR) is 60.9 cm³/mol. The second-order valence-electron chi connectivity index (χ2n) is 3.74. The Morgan fingerprint density at radius 1 is 1.32 bits per heavy atom. The van der Waals surface area contributed by atoms with Crippen LogP contribution >= 0.6 is 11.6 Å². The molecule has 19 heavy (non-hydrogen) atoms. The van der Waals surface area contributed by atoms with Gasteiger partial charge in [0.1, 0.15) is 0 Å². The van der Waals surface area contributed by atoms with E-state index in [2.05, 4.69) is 9.97 Å². The van der Waals surface area contributed by atoms with Crippen LogP contribution in [0.2, 0.25) is 5.28 Å². The van der Waals surface area contributed by atoms with Crippen molar-refractivity contribution in [2.75, 3.05) is 0 Å². The standard InChI is InChI=1S/C11H6ClF3N2O2/c12-10-16-7-2-1-5(11(13,14)15)3-6(7)8(17-10)4-9(18)19/h1-3H,4H2,(H,18,19). The van der Waals surface area contributed by atoms with E-state index in [1.165, 1.54) is 0 Å². The maximum absolute atomic E-state index is 12.6. The third-order valence-corrected chi connectivity index (χ3v) is 2.56. The maximum Gasteiger partial charge on any atom is 0.416 e. The smallest absolute Gasteiger partial charge is 0.416 e. The highest BCUT2D eigenvalue weighted by Crippen LogP contribution is 2.32. The van der Waals surface area contributed by atoms with E-state index < -0.39 is 24.1 Å². The second kappa shape index (κ2) is 4.65. The predicted octanol–water partition coefficient (Wildman–Crippen LogP) is 2.93. The highest BCUT2D eigenvalue weighted by atomic mass is 35.5. The van der Waals surface area contributed by atoms with E-state index in [0.29, 0.717) is 0 Å². The average molecular weight is 291 g/mol. The summed E-state index contributed by atoms with van der Waals surface area (Å²) in [6.45, 7) is 0. The van der Waals surface area contributed by atoms with E-state index >= 15 is 0 Å². The molecule has 0 aliphatic carbocycles. The Balaban J connectivity index is 2.68. The number of hydrogen-bond donors (Lipinski definition) is 1. The molecule has 0 spiro atoms. The Morgan fingerprint density at radius 3 is 2.58 bits per heavy atom. The fraction of sp³-hybridized carbons (Fsp3) is 0.182. The Morgan fingerprint density at radius 2 is 2.00 bits per heavy atom. The van der Waals surface area contributed by atoms with Gasteiger partial charge in [-0.15, -0.1) is 0 Å². The van der Waals surface area contributed by atoms with Crippen LogP contribution in [-0.4, -0.2) is 21.0 Å². The van der Waals surface area contributed by atoms with Crippen molar-refractivity contribution >= 4 is 28.5 Å². The van der Waals surface area contributed by atoms with Crippen LogP contribution in [0.5, 0.6) is 0 Å². The summed E-state index contributed by atoms with van der Waals surface area (Å²) in [6, 6.07) is 2.82. The summed E-state index contributed by atoms with van der Waals surface area (Å²) < 4.78 is 37.8. The van der Waals surface area contributed by atoms with Crippen LogP contribution in [0.15, 0.2) is 18.2 Å². The molecule has 0 saturated carbocycles. The van der Waals surface area contributed by atoms with Crippen LogP contribution < -0.4 is 0 Å². The van der Waals surface area contributed by atoms with E-state index in [1.807, 2.05) is 0 Å². The number of hydrogen-bond acceptors (Lipinski definition) is 3. The second-order valence-corrected chi connectivity index (χ2v) is 4.08. The van der Waals surface area contributed by atoms with Crippen LogP contribution in [0.3, 0.4) is 0 Å². The molecule has 0 bridgehead atoms. The van der Waals surface area contributed by atoms with Crippen LogP contribution in [0, 0.1) is 0 Å². The molecule has 0 atom stereocenters. The molecule has 1 heterocycles. The van der Waals surface area contributed by atoms with E-state index in [-0.39, 0.29) is 21.9 Å². The van der Waals surface area contributed by atoms with Crippen molar-refractivity contribution in [2.24, 2.45) is 0 Å². The highest BCUT2D eigenvalue weighted by Gasteiger charge is 2.31. The first-order valence-corrected chi connectivity index (χ1v) is 5.40. The molecule has 0 aliphatic heterocycles. The molecule has 1 aromatic carbocycles. The number of nitrogens with zero attached hydrogens (tertiary/aromatic N) is 2. The number of benzene rings is 1. The summed E-state index contributed by atoms with van der Waals surface area (Å²) in [5.74, 6) is -1.21. The first kappa shape index (κ1) is 13.5. The minimum Gasteiger partial charge on any atom is -0.481 e. The van der Waals surface area contributed by atoms with Crippen molar-refractivity contribution in [3.05, 3.63) is 34.7 Å². The number of alkyl halides is 3. The molecule has 2 aromatic rings. The van der Waals surface area contributed by atoms with Gasteiger partial charge in [0, 0.05) is 5.39 Å². The van der Waals surface area contributed by atoms with Crippen molar-refractivity contribution in [2.45, 2.75) is 12.6 Å². The first-order chi connectivity index (χ1) is 8.77. The number of aromatic nitrogens is 2. The molecule has 8 heteroatoms. The summed E-state index contributed by atoms with van der Waals surface area (Å²) in [4.78, 5) is 18.1. The molecule has 0 fully saturated rings. The van der Waals surface area contributed by atoms with Gasteiger partial charge in [-0.05, 0) is 29.8 Å². The van der Waals surface area contributed by atoms with Gasteiger partial charge in [0.15, 0.2) is 0 Å². The molecular weight excluding hydrogens is 285 g/mol. The van der Waals surface area contributed by atoms with Crippen LogP contribution in [0.4, 0.5) is 13.2 Å². The minimum absolute atomic E-state index is 0.0293.